The summed E-state index contributed by atoms with van der Waals surface area (Å²) in [5, 5.41) is 0. The molecule has 1 atom stereocenters. The summed E-state index contributed by atoms with van der Waals surface area (Å²) in [6.45, 7) is 9.31. The summed E-state index contributed by atoms with van der Waals surface area (Å²) >= 11 is 0. The molecule has 0 saturated carbocycles. The number of hydrogen-bond donors (Lipinski definition) is 1. The first kappa shape index (κ1) is 15.8. The van der Waals surface area contributed by atoms with Gasteiger partial charge in [-0.15, -0.1) is 0 Å². The minimum Gasteiger partial charge on any atom is -0.461 e. The number of carbonyl (C=O) groups excluding carboxylic acids is 1. The highest BCUT2D eigenvalue weighted by atomic mass is 16.5. The average Bonchev–Trinajstić information content (AvgIpc) is 3.05. The molecule has 6 heteroatoms. The van der Waals surface area contributed by atoms with Crippen LogP contribution in [0.25, 0.3) is 0 Å². The number of rotatable bonds is 6. The molecule has 1 aromatic rings. The molecule has 1 aliphatic heterocycles. The molecule has 1 fully saturated rings. The van der Waals surface area contributed by atoms with Crippen molar-refractivity contribution in [1.29, 1.82) is 0 Å². The van der Waals surface area contributed by atoms with E-state index in [2.05, 4.69) is 16.8 Å². The highest BCUT2D eigenvalue weighted by Gasteiger charge is 2.27. The predicted molar refractivity (Wildman–Crippen MR) is 82.2 cm³/mol. The van der Waals surface area contributed by atoms with Gasteiger partial charge in [0.05, 0.1) is 6.61 Å². The summed E-state index contributed by atoms with van der Waals surface area (Å²) in [7, 11) is 0. The van der Waals surface area contributed by atoms with Crippen molar-refractivity contribution in [2.24, 2.45) is 0 Å². The Hall–Kier alpha value is -1.56. The smallest absolute Gasteiger partial charge is 0.360 e. The topological polar surface area (TPSA) is 73.4 Å². The maximum atomic E-state index is 11.9. The zero-order valence-electron chi connectivity index (χ0n) is 13.3. The summed E-state index contributed by atoms with van der Waals surface area (Å²) in [4.78, 5) is 18.8. The van der Waals surface area contributed by atoms with Gasteiger partial charge in [-0.05, 0) is 32.9 Å². The van der Waals surface area contributed by atoms with Crippen LogP contribution in [0.5, 0.6) is 0 Å². The molecule has 0 bridgehead atoms. The van der Waals surface area contributed by atoms with Crippen molar-refractivity contribution in [2.75, 3.05) is 25.4 Å². The fraction of sp³-hybridized carbons (Fsp3) is 0.733. The van der Waals surface area contributed by atoms with Gasteiger partial charge >= 0.3 is 5.97 Å². The van der Waals surface area contributed by atoms with Gasteiger partial charge in [-0.2, -0.15) is 0 Å². The summed E-state index contributed by atoms with van der Waals surface area (Å²) < 4.78 is 7.02. The molecule has 0 radical (unpaired) electrons. The molecule has 2 heterocycles. The number of likely N-dealkylation sites (tertiary alicyclic amines) is 1. The Balaban J connectivity index is 2.24. The van der Waals surface area contributed by atoms with Crippen molar-refractivity contribution in [3.8, 4) is 0 Å². The largest absolute Gasteiger partial charge is 0.461 e. The molecule has 1 unspecified atom stereocenters. The molecule has 2 N–H and O–H groups in total. The highest BCUT2D eigenvalue weighted by Crippen LogP contribution is 2.23. The number of ether oxygens (including phenoxy) is 1. The van der Waals surface area contributed by atoms with E-state index in [-0.39, 0.29) is 5.69 Å². The van der Waals surface area contributed by atoms with E-state index in [1.165, 1.54) is 12.8 Å². The summed E-state index contributed by atoms with van der Waals surface area (Å²) in [5.74, 6) is 0.869. The number of aromatic nitrogens is 2. The van der Waals surface area contributed by atoms with E-state index in [9.17, 15) is 4.79 Å². The van der Waals surface area contributed by atoms with Gasteiger partial charge in [0.25, 0.3) is 0 Å². The zero-order chi connectivity index (χ0) is 15.4. The van der Waals surface area contributed by atoms with E-state index >= 15 is 0 Å². The lowest BCUT2D eigenvalue weighted by molar-refractivity contribution is 0.0521. The highest BCUT2D eigenvalue weighted by molar-refractivity contribution is 5.92. The van der Waals surface area contributed by atoms with Crippen molar-refractivity contribution in [3.05, 3.63) is 11.5 Å². The van der Waals surface area contributed by atoms with Gasteiger partial charge < -0.3 is 15.0 Å². The molecular weight excluding hydrogens is 268 g/mol. The van der Waals surface area contributed by atoms with Crippen LogP contribution in [0.4, 0.5) is 5.82 Å². The lowest BCUT2D eigenvalue weighted by Crippen LogP contribution is -2.33. The van der Waals surface area contributed by atoms with Gasteiger partial charge in [-0.3, -0.25) is 4.90 Å². The molecule has 118 valence electrons. The van der Waals surface area contributed by atoms with Crippen LogP contribution in [0.3, 0.4) is 0 Å². The molecule has 0 aromatic carbocycles. The van der Waals surface area contributed by atoms with Crippen LogP contribution < -0.4 is 5.73 Å². The number of carbonyl (C=O) groups is 1. The minimum atomic E-state index is -0.429. The van der Waals surface area contributed by atoms with Gasteiger partial charge in [-0.25, -0.2) is 9.78 Å². The maximum Gasteiger partial charge on any atom is 0.360 e. The number of nitrogen functional groups attached to an aromatic ring is 1. The molecule has 0 spiro atoms. The number of nitrogens with zero attached hydrogens (tertiary/aromatic N) is 3. The molecule has 0 amide bonds. The predicted octanol–water partition coefficient (Wildman–Crippen LogP) is 1.69. The minimum absolute atomic E-state index is 0.259. The Kier molecular flexibility index (Phi) is 5.22. The zero-order valence-corrected chi connectivity index (χ0v) is 13.3. The van der Waals surface area contributed by atoms with E-state index < -0.39 is 5.97 Å². The third-order valence-electron chi connectivity index (χ3n) is 4.17. The Labute approximate surface area is 126 Å². The number of nitrogens with two attached hydrogens (primary N) is 1. The maximum absolute atomic E-state index is 11.9. The average molecular weight is 294 g/mol. The Bertz CT molecular complexity index is 498. The standard InChI is InChI=1S/C15H26N4O2/c1-4-12-17-13(15(20)21-6-3)14(16)19(12)10-11-8-7-9-18(11)5-2/h11H,4-10,16H2,1-3H3. The van der Waals surface area contributed by atoms with Gasteiger partial charge in [0.2, 0.25) is 0 Å². The summed E-state index contributed by atoms with van der Waals surface area (Å²) in [6.07, 6.45) is 3.14. The lowest BCUT2D eigenvalue weighted by atomic mass is 10.2. The van der Waals surface area contributed by atoms with Crippen LogP contribution in [0.15, 0.2) is 0 Å². The molecule has 1 saturated heterocycles. The molecule has 21 heavy (non-hydrogen) atoms. The fourth-order valence-corrected chi connectivity index (χ4v) is 3.07. The monoisotopic (exact) mass is 294 g/mol. The fourth-order valence-electron chi connectivity index (χ4n) is 3.07. The second-order valence-electron chi connectivity index (χ2n) is 5.37. The Morgan fingerprint density at radius 1 is 1.43 bits per heavy atom. The van der Waals surface area contributed by atoms with E-state index in [1.807, 2.05) is 11.5 Å². The van der Waals surface area contributed by atoms with Crippen molar-refractivity contribution < 1.29 is 9.53 Å². The lowest BCUT2D eigenvalue weighted by Gasteiger charge is -2.24. The number of anilines is 1. The molecule has 1 aromatic heterocycles. The summed E-state index contributed by atoms with van der Waals surface area (Å²) in [5.41, 5.74) is 6.42. The first-order valence-electron chi connectivity index (χ1n) is 7.88. The van der Waals surface area contributed by atoms with Crippen LogP contribution in [-0.4, -0.2) is 46.2 Å². The van der Waals surface area contributed by atoms with E-state index in [0.717, 1.165) is 31.9 Å². The SMILES string of the molecule is CCOC(=O)c1nc(CC)n(CC2CCCN2CC)c1N. The van der Waals surface area contributed by atoms with E-state index in [0.29, 0.717) is 18.5 Å². The quantitative estimate of drug-likeness (QED) is 0.808. The molecular formula is C15H26N4O2. The van der Waals surface area contributed by atoms with Gasteiger partial charge in [-0.1, -0.05) is 13.8 Å². The van der Waals surface area contributed by atoms with E-state index in [1.54, 1.807) is 6.92 Å². The second-order valence-corrected chi connectivity index (χ2v) is 5.37. The number of hydrogen-bond acceptors (Lipinski definition) is 5. The van der Waals surface area contributed by atoms with E-state index in [4.69, 9.17) is 10.5 Å². The number of aryl methyl sites for hydroxylation is 1. The van der Waals surface area contributed by atoms with Gasteiger partial charge in [0.1, 0.15) is 11.6 Å². The molecule has 6 nitrogen and oxygen atoms in total. The van der Waals surface area contributed by atoms with Crippen LogP contribution >= 0.6 is 0 Å². The van der Waals surface area contributed by atoms with Crippen molar-refractivity contribution in [2.45, 2.75) is 52.6 Å². The Morgan fingerprint density at radius 2 is 2.19 bits per heavy atom. The number of imidazole rings is 1. The molecule has 0 aliphatic carbocycles. The number of esters is 1. The normalized spacial score (nSPS) is 19.1. The van der Waals surface area contributed by atoms with Gasteiger partial charge in [0.15, 0.2) is 5.69 Å². The molecule has 2 rings (SSSR count). The third kappa shape index (κ3) is 3.20. The first-order valence-corrected chi connectivity index (χ1v) is 7.88. The van der Waals surface area contributed by atoms with Crippen LogP contribution in [0, 0.1) is 0 Å². The van der Waals surface area contributed by atoms with Gasteiger partial charge in [0, 0.05) is 19.0 Å². The van der Waals surface area contributed by atoms with Crippen LogP contribution in [0.1, 0.15) is 49.9 Å². The third-order valence-corrected chi connectivity index (χ3v) is 4.17. The van der Waals surface area contributed by atoms with Crippen molar-refractivity contribution >= 4 is 11.8 Å². The van der Waals surface area contributed by atoms with Crippen molar-refractivity contribution in [3.63, 3.8) is 0 Å². The first-order chi connectivity index (χ1) is 10.1. The van der Waals surface area contributed by atoms with Crippen LogP contribution in [-0.2, 0) is 17.7 Å². The Morgan fingerprint density at radius 3 is 2.81 bits per heavy atom. The van der Waals surface area contributed by atoms with Crippen LogP contribution in [0.2, 0.25) is 0 Å². The second kappa shape index (κ2) is 6.93. The number of likely N-dealkylation sites (N-methyl/N-ethyl adjacent to an activating group) is 1. The van der Waals surface area contributed by atoms with Crippen molar-refractivity contribution in [1.82, 2.24) is 14.5 Å². The molecule has 1 aliphatic rings. The summed E-state index contributed by atoms with van der Waals surface area (Å²) in [6, 6.07) is 0.479.